The van der Waals surface area contributed by atoms with Crippen LogP contribution in [0.2, 0.25) is 0 Å². The number of benzene rings is 2. The van der Waals surface area contributed by atoms with Crippen LogP contribution in [0.4, 0.5) is 5.69 Å². The lowest BCUT2D eigenvalue weighted by atomic mass is 10.1. The molecule has 0 radical (unpaired) electrons. The zero-order valence-electron chi connectivity index (χ0n) is 11.9. The van der Waals surface area contributed by atoms with Crippen molar-refractivity contribution in [3.63, 3.8) is 0 Å². The van der Waals surface area contributed by atoms with Crippen LogP contribution >= 0.6 is 0 Å². The average molecular weight is 303 g/mol. The van der Waals surface area contributed by atoms with Crippen molar-refractivity contribution in [2.75, 3.05) is 5.73 Å². The average Bonchev–Trinajstić information content (AvgIpc) is 2.37. The lowest BCUT2D eigenvalue weighted by molar-refractivity contribution is 0.584. The molecule has 0 heterocycles. The minimum Gasteiger partial charge on any atom is -0.399 e. The van der Waals surface area contributed by atoms with Crippen molar-refractivity contribution in [1.29, 1.82) is 0 Å². The molecule has 0 aliphatic heterocycles. The Labute approximate surface area is 124 Å². The minimum absolute atomic E-state index is 0.175. The Kier molecular flexibility index (Phi) is 4.28. The maximum Gasteiger partial charge on any atom is 0.276 e. The first kappa shape index (κ1) is 15.1. The van der Waals surface area contributed by atoms with Crippen LogP contribution < -0.4 is 10.6 Å². The molecule has 5 nitrogen and oxygen atoms in total. The predicted molar refractivity (Wildman–Crippen MR) is 84.7 cm³/mol. The van der Waals surface area contributed by atoms with Gasteiger partial charge in [-0.15, -0.1) is 0 Å². The second kappa shape index (κ2) is 5.97. The van der Waals surface area contributed by atoms with Gasteiger partial charge in [0.2, 0.25) is 0 Å². The number of nitrogens with two attached hydrogens (primary N) is 1. The molecule has 0 aliphatic carbocycles. The van der Waals surface area contributed by atoms with E-state index in [2.05, 4.69) is 9.93 Å². The summed E-state index contributed by atoms with van der Waals surface area (Å²) in [5.41, 5.74) is 9.04. The van der Waals surface area contributed by atoms with Gasteiger partial charge in [-0.2, -0.15) is 13.5 Å². The molecule has 0 bridgehead atoms. The Balaban J connectivity index is 2.14. The summed E-state index contributed by atoms with van der Waals surface area (Å²) in [4.78, 5) is 2.36. The van der Waals surface area contributed by atoms with E-state index in [0.717, 1.165) is 16.7 Å². The van der Waals surface area contributed by atoms with Crippen LogP contribution in [0.3, 0.4) is 0 Å². The fourth-order valence-electron chi connectivity index (χ4n) is 1.86. The Morgan fingerprint density at radius 3 is 2.33 bits per heavy atom. The van der Waals surface area contributed by atoms with Gasteiger partial charge in [0.25, 0.3) is 10.0 Å². The molecule has 21 heavy (non-hydrogen) atoms. The van der Waals surface area contributed by atoms with Gasteiger partial charge in [0.1, 0.15) is 0 Å². The van der Waals surface area contributed by atoms with E-state index < -0.39 is 10.0 Å². The van der Waals surface area contributed by atoms with Gasteiger partial charge in [-0.3, -0.25) is 0 Å². The van der Waals surface area contributed by atoms with Gasteiger partial charge in [-0.05, 0) is 49.2 Å². The van der Waals surface area contributed by atoms with Crippen molar-refractivity contribution in [1.82, 2.24) is 4.83 Å². The fraction of sp³-hybridized carbons (Fsp3) is 0.133. The van der Waals surface area contributed by atoms with Gasteiger partial charge >= 0.3 is 0 Å². The van der Waals surface area contributed by atoms with E-state index in [-0.39, 0.29) is 4.90 Å². The molecule has 0 atom stereocenters. The normalized spacial score (nSPS) is 11.7. The largest absolute Gasteiger partial charge is 0.399 e. The quantitative estimate of drug-likeness (QED) is 0.516. The van der Waals surface area contributed by atoms with Crippen LogP contribution in [-0.2, 0) is 10.0 Å². The molecule has 110 valence electrons. The van der Waals surface area contributed by atoms with Crippen molar-refractivity contribution < 1.29 is 8.42 Å². The van der Waals surface area contributed by atoms with E-state index >= 15 is 0 Å². The molecular weight excluding hydrogens is 286 g/mol. The van der Waals surface area contributed by atoms with Gasteiger partial charge < -0.3 is 5.73 Å². The Morgan fingerprint density at radius 2 is 1.71 bits per heavy atom. The lowest BCUT2D eigenvalue weighted by Crippen LogP contribution is -2.18. The highest BCUT2D eigenvalue weighted by atomic mass is 32.2. The molecule has 2 aromatic carbocycles. The number of nitrogen functional groups attached to an aromatic ring is 1. The molecule has 6 heteroatoms. The first-order chi connectivity index (χ1) is 9.87. The lowest BCUT2D eigenvalue weighted by Gasteiger charge is -2.04. The first-order valence-electron chi connectivity index (χ1n) is 6.35. The molecule has 2 aromatic rings. The van der Waals surface area contributed by atoms with E-state index in [1.54, 1.807) is 18.2 Å². The molecule has 0 fully saturated rings. The van der Waals surface area contributed by atoms with Crippen molar-refractivity contribution >= 4 is 21.9 Å². The van der Waals surface area contributed by atoms with Crippen LogP contribution in [0.15, 0.2) is 52.5 Å². The third-order valence-corrected chi connectivity index (χ3v) is 4.08. The number of hydrazone groups is 1. The van der Waals surface area contributed by atoms with Crippen LogP contribution in [-0.4, -0.2) is 14.6 Å². The highest BCUT2D eigenvalue weighted by molar-refractivity contribution is 7.89. The molecule has 0 aliphatic rings. The molecule has 0 spiro atoms. The van der Waals surface area contributed by atoms with Gasteiger partial charge in [-0.25, -0.2) is 4.83 Å². The second-order valence-corrected chi connectivity index (χ2v) is 6.50. The van der Waals surface area contributed by atoms with Crippen molar-refractivity contribution in [2.45, 2.75) is 18.7 Å². The molecule has 3 N–H and O–H groups in total. The van der Waals surface area contributed by atoms with Crippen molar-refractivity contribution in [2.24, 2.45) is 5.10 Å². The third-order valence-electron chi connectivity index (χ3n) is 2.84. The SMILES string of the molecule is Cc1ccc(S(=O)(=O)N/N=C/c2cc(C)cc(N)c2)cc1. The van der Waals surface area contributed by atoms with Crippen LogP contribution in [0, 0.1) is 13.8 Å². The summed E-state index contributed by atoms with van der Waals surface area (Å²) < 4.78 is 24.0. The maximum atomic E-state index is 12.0. The molecule has 0 saturated heterocycles. The van der Waals surface area contributed by atoms with Crippen LogP contribution in [0.25, 0.3) is 0 Å². The Morgan fingerprint density at radius 1 is 1.05 bits per heavy atom. The first-order valence-corrected chi connectivity index (χ1v) is 7.84. The third kappa shape index (κ3) is 4.06. The molecule has 0 saturated carbocycles. The summed E-state index contributed by atoms with van der Waals surface area (Å²) in [5, 5.41) is 3.78. The van der Waals surface area contributed by atoms with E-state index in [4.69, 9.17) is 5.73 Å². The molecule has 0 aromatic heterocycles. The summed E-state index contributed by atoms with van der Waals surface area (Å²) >= 11 is 0. The number of sulfonamides is 1. The monoisotopic (exact) mass is 303 g/mol. The van der Waals surface area contributed by atoms with Gasteiger partial charge in [0, 0.05) is 5.69 Å². The standard InChI is InChI=1S/C15H17N3O2S/c1-11-3-5-15(6-4-11)21(19,20)18-17-10-13-7-12(2)8-14(16)9-13/h3-10,18H,16H2,1-2H3/b17-10+. The number of rotatable bonds is 4. The van der Waals surface area contributed by atoms with Gasteiger partial charge in [0.15, 0.2) is 0 Å². The van der Waals surface area contributed by atoms with E-state index in [1.165, 1.54) is 18.3 Å². The molecule has 0 amide bonds. The van der Waals surface area contributed by atoms with Crippen molar-refractivity contribution in [3.8, 4) is 0 Å². The van der Waals surface area contributed by atoms with Crippen LogP contribution in [0.1, 0.15) is 16.7 Å². The molecule has 0 unspecified atom stereocenters. The van der Waals surface area contributed by atoms with E-state index in [9.17, 15) is 8.42 Å². The summed E-state index contributed by atoms with van der Waals surface area (Å²) in [6, 6.07) is 12.0. The van der Waals surface area contributed by atoms with Gasteiger partial charge in [-0.1, -0.05) is 23.8 Å². The Bertz CT molecular complexity index is 746. The maximum absolute atomic E-state index is 12.0. The second-order valence-electron chi connectivity index (χ2n) is 4.84. The van der Waals surface area contributed by atoms with E-state index in [0.29, 0.717) is 5.69 Å². The zero-order chi connectivity index (χ0) is 15.5. The van der Waals surface area contributed by atoms with E-state index in [1.807, 2.05) is 26.0 Å². The summed E-state index contributed by atoms with van der Waals surface area (Å²) in [6.07, 6.45) is 1.43. The number of hydrogen-bond acceptors (Lipinski definition) is 4. The number of nitrogens with one attached hydrogen (secondary N) is 1. The molecule has 2 rings (SSSR count). The summed E-state index contributed by atoms with van der Waals surface area (Å²) in [6.45, 7) is 3.80. The topological polar surface area (TPSA) is 84.5 Å². The highest BCUT2D eigenvalue weighted by Gasteiger charge is 2.11. The number of hydrogen-bond donors (Lipinski definition) is 2. The smallest absolute Gasteiger partial charge is 0.276 e. The van der Waals surface area contributed by atoms with Gasteiger partial charge in [0.05, 0.1) is 11.1 Å². The van der Waals surface area contributed by atoms with Crippen molar-refractivity contribution in [3.05, 3.63) is 59.2 Å². The predicted octanol–water partition coefficient (Wildman–Crippen LogP) is 2.20. The number of aryl methyl sites for hydroxylation is 2. The highest BCUT2D eigenvalue weighted by Crippen LogP contribution is 2.11. The number of nitrogens with zero attached hydrogens (tertiary/aromatic N) is 1. The minimum atomic E-state index is -3.65. The Hall–Kier alpha value is -2.34. The zero-order valence-corrected chi connectivity index (χ0v) is 12.7. The number of anilines is 1. The summed E-state index contributed by atoms with van der Waals surface area (Å²) in [5.74, 6) is 0. The summed E-state index contributed by atoms with van der Waals surface area (Å²) in [7, 11) is -3.65. The fourth-order valence-corrected chi connectivity index (χ4v) is 2.65. The van der Waals surface area contributed by atoms with Crippen LogP contribution in [0.5, 0.6) is 0 Å². The molecular formula is C15H17N3O2S.